The highest BCUT2D eigenvalue weighted by atomic mass is 28.3. The summed E-state index contributed by atoms with van der Waals surface area (Å²) in [6.07, 6.45) is 0. The topological polar surface area (TPSA) is 23.0 Å². The Morgan fingerprint density at radius 1 is 0.414 bits per heavy atom. The van der Waals surface area contributed by atoms with E-state index in [0.29, 0.717) is 0 Å². The number of rotatable bonds is 6. The zero-order valence-corrected chi connectivity index (χ0v) is 30.6. The molecule has 3 heterocycles. The standard InChI is InChI=1S/C54H36N2OSi/c1-4-18-38(19-5-1)58(39-20-6-2-7-21-39,40-22-8-3-9-23-40)41-34-32-37(33-35-41)55-47-28-14-12-26-44(47)46-36-50(54-52(53(46)55)45-27-13-17-31-51(45)57-54)56-48-29-15-10-24-42(48)43-25-11-16-30-49(43)56/h1-36H/i1D,4D,5D,10D,11D,12D,13D,14D,15D,16D,17D,18D,19D,24D,25D,26D,27D,28D,29D,30D,31D,32D,33D,34D,35D,36D. The number of benzene rings is 9. The minimum atomic E-state index is -4.78. The highest BCUT2D eigenvalue weighted by Crippen LogP contribution is 2.45. The maximum Gasteiger partial charge on any atom is 0.179 e. The molecule has 0 bridgehead atoms. The van der Waals surface area contributed by atoms with Crippen molar-refractivity contribution in [3.63, 3.8) is 0 Å². The van der Waals surface area contributed by atoms with Gasteiger partial charge in [-0.25, -0.2) is 0 Å². The minimum absolute atomic E-state index is 0.251. The molecule has 0 saturated heterocycles. The second kappa shape index (κ2) is 12.8. The molecule has 0 aliphatic heterocycles. The fourth-order valence-electron chi connectivity index (χ4n) is 8.06. The van der Waals surface area contributed by atoms with Crippen molar-refractivity contribution in [2.75, 3.05) is 0 Å². The summed E-state index contributed by atoms with van der Waals surface area (Å²) in [5.74, 6) is 0. The van der Waals surface area contributed by atoms with Gasteiger partial charge in [0, 0.05) is 32.6 Å². The first-order chi connectivity index (χ1) is 39.6. The molecule has 0 saturated carbocycles. The lowest BCUT2D eigenvalue weighted by atomic mass is 10.1. The average molecular weight is 783 g/mol. The summed E-state index contributed by atoms with van der Waals surface area (Å²) in [5.41, 5.74) is -5.03. The predicted octanol–water partition coefficient (Wildman–Crippen LogP) is 11.2. The molecule has 0 unspecified atom stereocenters. The second-order valence-electron chi connectivity index (χ2n) is 13.3. The van der Waals surface area contributed by atoms with Gasteiger partial charge in [-0.1, -0.05) is 175 Å². The molecule has 58 heavy (non-hydrogen) atoms. The minimum Gasteiger partial charge on any atom is -0.454 e. The van der Waals surface area contributed by atoms with Crippen LogP contribution in [-0.4, -0.2) is 17.2 Å². The van der Waals surface area contributed by atoms with Gasteiger partial charge in [-0.15, -0.1) is 0 Å². The molecule has 0 amide bonds. The van der Waals surface area contributed by atoms with Gasteiger partial charge >= 0.3 is 0 Å². The van der Waals surface area contributed by atoms with Gasteiger partial charge < -0.3 is 13.6 Å². The third kappa shape index (κ3) is 4.61. The Balaban J connectivity index is 1.38. The van der Waals surface area contributed by atoms with Gasteiger partial charge in [0.15, 0.2) is 13.7 Å². The van der Waals surface area contributed by atoms with Crippen LogP contribution in [0.4, 0.5) is 0 Å². The van der Waals surface area contributed by atoms with Crippen molar-refractivity contribution in [3.05, 3.63) is 218 Å². The number of aromatic nitrogens is 2. The van der Waals surface area contributed by atoms with Crippen molar-refractivity contribution >= 4 is 94.4 Å². The van der Waals surface area contributed by atoms with Crippen LogP contribution in [0, 0.1) is 0 Å². The second-order valence-corrected chi connectivity index (χ2v) is 16.9. The van der Waals surface area contributed by atoms with Crippen molar-refractivity contribution in [2.45, 2.75) is 0 Å². The van der Waals surface area contributed by atoms with Gasteiger partial charge in [0.25, 0.3) is 0 Å². The first kappa shape index (κ1) is 16.2. The summed E-state index contributed by atoms with van der Waals surface area (Å²) in [7, 11) is -4.78. The summed E-state index contributed by atoms with van der Waals surface area (Å²) >= 11 is 0. The van der Waals surface area contributed by atoms with E-state index < -0.39 is 247 Å². The van der Waals surface area contributed by atoms with Crippen LogP contribution >= 0.6 is 0 Å². The Morgan fingerprint density at radius 3 is 1.50 bits per heavy atom. The Bertz CT molecular complexity index is 4860. The normalized spacial score (nSPS) is 18.4. The Labute approximate surface area is 372 Å². The molecule has 0 radical (unpaired) electrons. The van der Waals surface area contributed by atoms with Crippen LogP contribution in [0.25, 0.3) is 76.9 Å². The lowest BCUT2D eigenvalue weighted by Gasteiger charge is -2.34. The summed E-state index contributed by atoms with van der Waals surface area (Å²) in [5, 5.41) is -3.32. The largest absolute Gasteiger partial charge is 0.454 e. The lowest BCUT2D eigenvalue weighted by molar-refractivity contribution is 0.666. The molecule has 0 aliphatic rings. The quantitative estimate of drug-likeness (QED) is 0.122. The zero-order chi connectivity index (χ0) is 60.8. The maximum atomic E-state index is 10.4. The van der Waals surface area contributed by atoms with Gasteiger partial charge in [-0.2, -0.15) is 0 Å². The van der Waals surface area contributed by atoms with Crippen molar-refractivity contribution in [3.8, 4) is 11.4 Å². The number of hydrogen-bond donors (Lipinski definition) is 0. The van der Waals surface area contributed by atoms with Gasteiger partial charge in [0.2, 0.25) is 0 Å². The monoisotopic (exact) mass is 782 g/mol. The van der Waals surface area contributed by atoms with Crippen LogP contribution < -0.4 is 20.7 Å². The summed E-state index contributed by atoms with van der Waals surface area (Å²) in [4.78, 5) is 0. The van der Waals surface area contributed by atoms with E-state index in [1.807, 2.05) is 0 Å². The van der Waals surface area contributed by atoms with Crippen LogP contribution in [0.3, 0.4) is 0 Å². The van der Waals surface area contributed by atoms with E-state index in [1.54, 1.807) is 60.7 Å². The molecule has 0 aliphatic carbocycles. The average Bonchev–Trinajstić information content (AvgIpc) is 1.45. The molecular weight excluding hydrogens is 721 g/mol. The smallest absolute Gasteiger partial charge is 0.179 e. The molecular formula is C54H36N2OSi. The highest BCUT2D eigenvalue weighted by molar-refractivity contribution is 7.19. The molecule has 272 valence electrons. The number of furan rings is 1. The highest BCUT2D eigenvalue weighted by Gasteiger charge is 2.41. The van der Waals surface area contributed by atoms with E-state index >= 15 is 0 Å². The first-order valence-corrected chi connectivity index (χ1v) is 19.8. The van der Waals surface area contributed by atoms with Gasteiger partial charge in [-0.3, -0.25) is 0 Å². The number of para-hydroxylation sites is 4. The third-order valence-corrected chi connectivity index (χ3v) is 14.8. The molecule has 0 N–H and O–H groups in total. The van der Waals surface area contributed by atoms with E-state index in [0.717, 1.165) is 9.13 Å². The number of fused-ring (bicyclic) bond motifs is 10. The third-order valence-electron chi connectivity index (χ3n) is 10.4. The Hall–Kier alpha value is -7.40. The predicted molar refractivity (Wildman–Crippen MR) is 246 cm³/mol. The molecule has 4 heteroatoms. The van der Waals surface area contributed by atoms with E-state index in [2.05, 4.69) is 0 Å². The molecule has 9 aromatic carbocycles. The molecule has 12 rings (SSSR count). The number of hydrogen-bond acceptors (Lipinski definition) is 1. The fourth-order valence-corrected chi connectivity index (χ4v) is 12.2. The maximum absolute atomic E-state index is 10.4. The Morgan fingerprint density at radius 2 is 0.897 bits per heavy atom. The van der Waals surface area contributed by atoms with Crippen molar-refractivity contribution in [2.24, 2.45) is 0 Å². The van der Waals surface area contributed by atoms with Crippen LogP contribution in [-0.2, 0) is 0 Å². The summed E-state index contributed by atoms with van der Waals surface area (Å²) in [6, 6.07) is -5.77. The number of nitrogens with zero attached hydrogens (tertiary/aromatic N) is 2. The van der Waals surface area contributed by atoms with Crippen LogP contribution in [0.2, 0.25) is 0 Å². The van der Waals surface area contributed by atoms with Crippen LogP contribution in [0.1, 0.15) is 35.6 Å². The van der Waals surface area contributed by atoms with E-state index in [1.165, 1.54) is 0 Å². The van der Waals surface area contributed by atoms with Gasteiger partial charge in [-0.05, 0) is 63.0 Å². The molecule has 0 fully saturated rings. The molecule has 0 spiro atoms. The molecule has 3 aromatic heterocycles. The van der Waals surface area contributed by atoms with Gasteiger partial charge in [0.05, 0.1) is 68.8 Å². The van der Waals surface area contributed by atoms with E-state index in [-0.39, 0.29) is 15.6 Å². The SMILES string of the molecule is [2H]c1c([2H])c([2H])c([Si](c2ccccc2)(c2ccccc2)c2c([2H])c([2H])c(-n3c4c([2H])c([2H])c([2H])c([2H])c4c4c([2H])c(-n5c6c([2H])c([2H])c([2H])c([2H])c6c6c([2H])c([2H])c([2H])c([2H])c65)c5oc6c([2H])c([2H])c([2H])c([2H])c6c5c43)c([2H])c2[2H])c([2H])c1[2H]. The van der Waals surface area contributed by atoms with E-state index in [4.69, 9.17) is 22.2 Å². The van der Waals surface area contributed by atoms with Crippen molar-refractivity contribution in [1.29, 1.82) is 0 Å². The summed E-state index contributed by atoms with van der Waals surface area (Å²) < 4.78 is 250. The molecule has 3 nitrogen and oxygen atoms in total. The van der Waals surface area contributed by atoms with E-state index in [9.17, 15) is 17.8 Å². The molecule has 0 atom stereocenters. The summed E-state index contributed by atoms with van der Waals surface area (Å²) in [6.45, 7) is 0. The van der Waals surface area contributed by atoms with Crippen LogP contribution in [0.15, 0.2) is 222 Å². The molecule has 12 aromatic rings. The fraction of sp³-hybridized carbons (Fsp3) is 0. The van der Waals surface area contributed by atoms with Gasteiger partial charge in [0.1, 0.15) is 5.58 Å². The lowest BCUT2D eigenvalue weighted by Crippen LogP contribution is -2.74. The van der Waals surface area contributed by atoms with Crippen LogP contribution in [0.5, 0.6) is 0 Å². The zero-order valence-electron chi connectivity index (χ0n) is 55.6. The van der Waals surface area contributed by atoms with Crippen molar-refractivity contribution < 1.29 is 40.1 Å². The van der Waals surface area contributed by atoms with Crippen molar-refractivity contribution in [1.82, 2.24) is 9.13 Å². The first-order valence-electron chi connectivity index (χ1n) is 30.8. The Kier molecular flexibility index (Phi) is 3.58.